The average Bonchev–Trinajstić information content (AvgIpc) is 2.32. The zero-order valence-corrected chi connectivity index (χ0v) is 5.57. The monoisotopic (exact) mass is 140 g/mol. The van der Waals surface area contributed by atoms with Crippen molar-refractivity contribution in [1.82, 2.24) is 0 Å². The van der Waals surface area contributed by atoms with Gasteiger partial charge in [-0.1, -0.05) is 0 Å². The second kappa shape index (κ2) is 1.54. The van der Waals surface area contributed by atoms with Gasteiger partial charge in [0.2, 0.25) is 0 Å². The summed E-state index contributed by atoms with van der Waals surface area (Å²) in [5, 5.41) is 8.54. The van der Waals surface area contributed by atoms with Crippen molar-refractivity contribution in [2.75, 3.05) is 0 Å². The molecule has 0 spiro atoms. The molecule has 3 heteroatoms. The van der Waals surface area contributed by atoms with Crippen LogP contribution in [0.5, 0.6) is 0 Å². The minimum atomic E-state index is -0.737. The van der Waals surface area contributed by atoms with Crippen LogP contribution < -0.4 is 0 Å². The first-order valence-corrected chi connectivity index (χ1v) is 3.28. The van der Waals surface area contributed by atoms with Crippen molar-refractivity contribution in [3.05, 3.63) is 11.8 Å². The molecule has 0 aromatic carbocycles. The van der Waals surface area contributed by atoms with Crippen LogP contribution >= 0.6 is 0 Å². The number of allylic oxidation sites excluding steroid dienone is 1. The third-order valence-electron chi connectivity index (χ3n) is 2.04. The molecule has 0 radical (unpaired) electrons. The summed E-state index contributed by atoms with van der Waals surface area (Å²) in [6, 6.07) is 0. The van der Waals surface area contributed by atoms with Gasteiger partial charge in [-0.2, -0.15) is 0 Å². The van der Waals surface area contributed by atoms with Gasteiger partial charge in [-0.25, -0.2) is 0 Å². The molecule has 0 saturated heterocycles. The Hall–Kier alpha value is -0.990. The van der Waals surface area contributed by atoms with Crippen molar-refractivity contribution in [2.24, 2.45) is 11.8 Å². The van der Waals surface area contributed by atoms with Gasteiger partial charge in [0.1, 0.15) is 12.0 Å². The van der Waals surface area contributed by atoms with Crippen LogP contribution in [0.4, 0.5) is 0 Å². The van der Waals surface area contributed by atoms with Crippen LogP contribution in [0.3, 0.4) is 0 Å². The maximum atomic E-state index is 10.4. The Morgan fingerprint density at radius 2 is 2.50 bits per heavy atom. The van der Waals surface area contributed by atoms with Crippen molar-refractivity contribution < 1.29 is 14.6 Å². The summed E-state index contributed by atoms with van der Waals surface area (Å²) in [7, 11) is 0. The first-order valence-electron chi connectivity index (χ1n) is 3.28. The molecule has 1 N–H and O–H groups in total. The highest BCUT2D eigenvalue weighted by molar-refractivity contribution is 5.76. The largest absolute Gasteiger partial charge is 0.494 e. The van der Waals surface area contributed by atoms with Gasteiger partial charge in [-0.3, -0.25) is 4.79 Å². The molecule has 0 aromatic rings. The van der Waals surface area contributed by atoms with Crippen molar-refractivity contribution in [2.45, 2.75) is 13.0 Å². The smallest absolute Gasteiger partial charge is 0.311 e. The minimum absolute atomic E-state index is 0.0440. The van der Waals surface area contributed by atoms with Gasteiger partial charge in [0.25, 0.3) is 0 Å². The fraction of sp³-hybridized carbons (Fsp3) is 0.571. The van der Waals surface area contributed by atoms with Crippen molar-refractivity contribution in [1.29, 1.82) is 0 Å². The number of carboxylic acid groups (broad SMARTS) is 1. The van der Waals surface area contributed by atoms with E-state index in [9.17, 15) is 4.79 Å². The van der Waals surface area contributed by atoms with Crippen LogP contribution in [-0.4, -0.2) is 17.2 Å². The lowest BCUT2D eigenvalue weighted by Crippen LogP contribution is -2.05. The lowest BCUT2D eigenvalue weighted by atomic mass is 10.3. The summed E-state index contributed by atoms with van der Waals surface area (Å²) in [5.41, 5.74) is 0. The third kappa shape index (κ3) is 0.574. The van der Waals surface area contributed by atoms with E-state index in [1.807, 2.05) is 13.0 Å². The lowest BCUT2D eigenvalue weighted by Gasteiger charge is -1.99. The maximum absolute atomic E-state index is 10.4. The molecule has 1 heterocycles. The number of hydrogen-bond donors (Lipinski definition) is 1. The predicted molar refractivity (Wildman–Crippen MR) is 33.2 cm³/mol. The van der Waals surface area contributed by atoms with E-state index in [1.54, 1.807) is 0 Å². The number of hydrogen-bond acceptors (Lipinski definition) is 2. The number of rotatable bonds is 1. The Bertz CT molecular complexity index is 219. The predicted octanol–water partition coefficient (Wildman–Crippen LogP) is 0.620. The fourth-order valence-electron chi connectivity index (χ4n) is 1.49. The summed E-state index contributed by atoms with van der Waals surface area (Å²) in [6.45, 7) is 1.85. The molecule has 0 bridgehead atoms. The Morgan fingerprint density at radius 3 is 2.90 bits per heavy atom. The first kappa shape index (κ1) is 5.77. The van der Waals surface area contributed by atoms with Crippen LogP contribution in [-0.2, 0) is 9.53 Å². The molecular weight excluding hydrogens is 132 g/mol. The Kier molecular flexibility index (Phi) is 0.886. The molecule has 54 valence electrons. The lowest BCUT2D eigenvalue weighted by molar-refractivity contribution is -0.139. The van der Waals surface area contributed by atoms with Gasteiger partial charge < -0.3 is 9.84 Å². The minimum Gasteiger partial charge on any atom is -0.494 e. The molecule has 2 aliphatic rings. The molecule has 1 aliphatic carbocycles. The molecule has 10 heavy (non-hydrogen) atoms. The highest BCUT2D eigenvalue weighted by Gasteiger charge is 2.59. The van der Waals surface area contributed by atoms with E-state index >= 15 is 0 Å². The zero-order valence-electron chi connectivity index (χ0n) is 5.57. The van der Waals surface area contributed by atoms with Crippen LogP contribution in [0.1, 0.15) is 6.92 Å². The Balaban J connectivity index is 2.09. The van der Waals surface area contributed by atoms with E-state index in [2.05, 4.69) is 0 Å². The summed E-state index contributed by atoms with van der Waals surface area (Å²) >= 11 is 0. The topological polar surface area (TPSA) is 46.5 Å². The van der Waals surface area contributed by atoms with Crippen LogP contribution in [0, 0.1) is 11.8 Å². The molecular formula is C7H8O3. The number of fused-ring (bicyclic) bond motifs is 1. The number of ether oxygens (including phenoxy) is 1. The molecule has 1 aliphatic heterocycles. The van der Waals surface area contributed by atoms with E-state index in [0.29, 0.717) is 0 Å². The van der Waals surface area contributed by atoms with Gasteiger partial charge in [-0.15, -0.1) is 0 Å². The number of carboxylic acids is 1. The first-order chi connectivity index (χ1) is 4.70. The molecule has 0 amide bonds. The fourth-order valence-corrected chi connectivity index (χ4v) is 1.49. The zero-order chi connectivity index (χ0) is 7.30. The third-order valence-corrected chi connectivity index (χ3v) is 2.04. The van der Waals surface area contributed by atoms with Crippen LogP contribution in [0.15, 0.2) is 11.8 Å². The molecule has 1 fully saturated rings. The number of carbonyl (C=O) groups is 1. The van der Waals surface area contributed by atoms with Crippen LogP contribution in [0.25, 0.3) is 0 Å². The van der Waals surface area contributed by atoms with Crippen LogP contribution in [0.2, 0.25) is 0 Å². The highest BCUT2D eigenvalue weighted by atomic mass is 16.5. The summed E-state index contributed by atoms with van der Waals surface area (Å²) in [6.07, 6.45) is 1.85. The molecule has 3 atom stereocenters. The van der Waals surface area contributed by atoms with Gasteiger partial charge in [0.15, 0.2) is 0 Å². The van der Waals surface area contributed by atoms with E-state index in [1.165, 1.54) is 0 Å². The normalized spacial score (nSPS) is 41.7. The van der Waals surface area contributed by atoms with Crippen molar-refractivity contribution in [3.63, 3.8) is 0 Å². The summed E-state index contributed by atoms with van der Waals surface area (Å²) in [5.74, 6) is 0.0347. The maximum Gasteiger partial charge on any atom is 0.311 e. The summed E-state index contributed by atoms with van der Waals surface area (Å²) < 4.78 is 5.19. The summed E-state index contributed by atoms with van der Waals surface area (Å²) in [4.78, 5) is 10.4. The van der Waals surface area contributed by atoms with Gasteiger partial charge in [-0.05, 0) is 13.0 Å². The van der Waals surface area contributed by atoms with Gasteiger partial charge in [0, 0.05) is 5.92 Å². The molecule has 0 aromatic heterocycles. The quantitative estimate of drug-likeness (QED) is 0.580. The Morgan fingerprint density at radius 1 is 1.80 bits per heavy atom. The second-order valence-electron chi connectivity index (χ2n) is 2.80. The van der Waals surface area contributed by atoms with E-state index in [4.69, 9.17) is 9.84 Å². The standard InChI is InChI=1S/C7H8O3/c1-3-2-4-5(7(8)9)6(4)10-3/h2,4-6H,1H3,(H,8,9). The molecule has 1 saturated carbocycles. The van der Waals surface area contributed by atoms with E-state index < -0.39 is 5.97 Å². The van der Waals surface area contributed by atoms with Gasteiger partial charge in [0.05, 0.1) is 5.76 Å². The van der Waals surface area contributed by atoms with E-state index in [-0.39, 0.29) is 17.9 Å². The molecule has 2 rings (SSSR count). The molecule has 3 unspecified atom stereocenters. The number of aliphatic carboxylic acids is 1. The SMILES string of the molecule is CC1=CC2C(O1)C2C(=O)O. The Labute approximate surface area is 58.3 Å². The van der Waals surface area contributed by atoms with Gasteiger partial charge >= 0.3 is 5.97 Å². The average molecular weight is 140 g/mol. The second-order valence-corrected chi connectivity index (χ2v) is 2.80. The van der Waals surface area contributed by atoms with Crippen molar-refractivity contribution >= 4 is 5.97 Å². The van der Waals surface area contributed by atoms with E-state index in [0.717, 1.165) is 5.76 Å². The molecule has 3 nitrogen and oxygen atoms in total. The highest BCUT2D eigenvalue weighted by Crippen LogP contribution is 2.49. The van der Waals surface area contributed by atoms with Crippen molar-refractivity contribution in [3.8, 4) is 0 Å².